The molecule has 0 N–H and O–H groups in total. The van der Waals surface area contributed by atoms with Crippen molar-refractivity contribution in [2.45, 2.75) is 52.1 Å². The molecule has 0 radical (unpaired) electrons. The van der Waals surface area contributed by atoms with Gasteiger partial charge in [0.05, 0.1) is 16.6 Å². The molecule has 1 aromatic carbocycles. The average Bonchev–Trinajstić information content (AvgIpc) is 2.94. The predicted octanol–water partition coefficient (Wildman–Crippen LogP) is 4.57. The Hall–Kier alpha value is -2.14. The van der Waals surface area contributed by atoms with E-state index in [1.807, 2.05) is 44.2 Å². The standard InChI is InChI=1S/C19H22N4O.ClH/c1-13-12-14(2)23(22-13)19-20-17-11-7-6-10-16(17)18(21-19)24-15-8-4-3-5-9-15;/h6-7,10-12,15H,3-5,8-9H2,1-2H3;1H. The first-order valence-electron chi connectivity index (χ1n) is 8.68. The zero-order valence-corrected chi connectivity index (χ0v) is 15.4. The van der Waals surface area contributed by atoms with Gasteiger partial charge in [-0.05, 0) is 57.7 Å². The number of fused-ring (bicyclic) bond motifs is 1. The minimum Gasteiger partial charge on any atom is -0.474 e. The van der Waals surface area contributed by atoms with Crippen molar-refractivity contribution < 1.29 is 4.74 Å². The number of hydrogen-bond acceptors (Lipinski definition) is 4. The molecule has 1 saturated carbocycles. The minimum atomic E-state index is 0. The molecular formula is C19H23ClN4O. The third kappa shape index (κ3) is 3.61. The molecule has 2 aromatic heterocycles. The van der Waals surface area contributed by atoms with E-state index in [0.717, 1.165) is 35.1 Å². The van der Waals surface area contributed by atoms with E-state index in [4.69, 9.17) is 9.72 Å². The van der Waals surface area contributed by atoms with Crippen LogP contribution in [-0.4, -0.2) is 25.9 Å². The van der Waals surface area contributed by atoms with Crippen LogP contribution in [0.4, 0.5) is 0 Å². The van der Waals surface area contributed by atoms with Crippen LogP contribution in [0.15, 0.2) is 30.3 Å². The summed E-state index contributed by atoms with van der Waals surface area (Å²) in [4.78, 5) is 9.39. The van der Waals surface area contributed by atoms with E-state index in [0.29, 0.717) is 11.8 Å². The number of para-hydroxylation sites is 1. The summed E-state index contributed by atoms with van der Waals surface area (Å²) in [6.45, 7) is 3.99. The van der Waals surface area contributed by atoms with Gasteiger partial charge in [-0.15, -0.1) is 12.4 Å². The molecule has 2 heterocycles. The lowest BCUT2D eigenvalue weighted by Gasteiger charge is -2.23. The van der Waals surface area contributed by atoms with Crippen molar-refractivity contribution in [1.29, 1.82) is 0 Å². The third-order valence-corrected chi connectivity index (χ3v) is 4.59. The summed E-state index contributed by atoms with van der Waals surface area (Å²) in [5, 5.41) is 5.48. The highest BCUT2D eigenvalue weighted by molar-refractivity contribution is 5.85. The highest BCUT2D eigenvalue weighted by atomic mass is 35.5. The molecular weight excluding hydrogens is 336 g/mol. The molecule has 132 valence electrons. The predicted molar refractivity (Wildman–Crippen MR) is 101 cm³/mol. The molecule has 5 nitrogen and oxygen atoms in total. The molecule has 1 fully saturated rings. The second kappa shape index (κ2) is 7.40. The molecule has 0 atom stereocenters. The summed E-state index contributed by atoms with van der Waals surface area (Å²) in [6.07, 6.45) is 6.24. The Kier molecular flexibility index (Phi) is 5.23. The van der Waals surface area contributed by atoms with Crippen LogP contribution in [0.3, 0.4) is 0 Å². The summed E-state index contributed by atoms with van der Waals surface area (Å²) >= 11 is 0. The zero-order chi connectivity index (χ0) is 16.5. The highest BCUT2D eigenvalue weighted by Gasteiger charge is 2.19. The van der Waals surface area contributed by atoms with Gasteiger partial charge in [0.25, 0.3) is 5.95 Å². The number of hydrogen-bond donors (Lipinski definition) is 0. The second-order valence-electron chi connectivity index (χ2n) is 6.56. The van der Waals surface area contributed by atoms with Gasteiger partial charge in [0, 0.05) is 5.69 Å². The number of ether oxygens (including phenoxy) is 1. The van der Waals surface area contributed by atoms with Gasteiger partial charge in [-0.25, -0.2) is 9.67 Å². The molecule has 0 bridgehead atoms. The fraction of sp³-hybridized carbons (Fsp3) is 0.421. The van der Waals surface area contributed by atoms with Crippen molar-refractivity contribution in [2.75, 3.05) is 0 Å². The van der Waals surface area contributed by atoms with Crippen LogP contribution < -0.4 is 4.74 Å². The summed E-state index contributed by atoms with van der Waals surface area (Å²) in [5.74, 6) is 1.25. The van der Waals surface area contributed by atoms with Crippen molar-refractivity contribution in [1.82, 2.24) is 19.7 Å². The van der Waals surface area contributed by atoms with Crippen LogP contribution in [-0.2, 0) is 0 Å². The minimum absolute atomic E-state index is 0. The quantitative estimate of drug-likeness (QED) is 0.688. The number of aryl methyl sites for hydroxylation is 2. The molecule has 25 heavy (non-hydrogen) atoms. The van der Waals surface area contributed by atoms with Crippen LogP contribution in [0.25, 0.3) is 16.9 Å². The smallest absolute Gasteiger partial charge is 0.254 e. The summed E-state index contributed by atoms with van der Waals surface area (Å²) < 4.78 is 8.07. The Balaban J connectivity index is 0.00000182. The van der Waals surface area contributed by atoms with Crippen molar-refractivity contribution in [3.8, 4) is 11.8 Å². The van der Waals surface area contributed by atoms with Gasteiger partial charge in [-0.2, -0.15) is 10.1 Å². The van der Waals surface area contributed by atoms with E-state index in [9.17, 15) is 0 Å². The lowest BCUT2D eigenvalue weighted by molar-refractivity contribution is 0.150. The summed E-state index contributed by atoms with van der Waals surface area (Å²) in [5.41, 5.74) is 2.87. The van der Waals surface area contributed by atoms with Crippen LogP contribution in [0.5, 0.6) is 5.88 Å². The van der Waals surface area contributed by atoms with Gasteiger partial charge in [0.1, 0.15) is 6.10 Å². The first-order chi connectivity index (χ1) is 11.7. The first kappa shape index (κ1) is 17.7. The van der Waals surface area contributed by atoms with Crippen LogP contribution in [0.1, 0.15) is 43.5 Å². The van der Waals surface area contributed by atoms with Gasteiger partial charge < -0.3 is 4.74 Å². The first-order valence-corrected chi connectivity index (χ1v) is 8.68. The Labute approximate surface area is 153 Å². The van der Waals surface area contributed by atoms with E-state index >= 15 is 0 Å². The summed E-state index contributed by atoms with van der Waals surface area (Å²) in [7, 11) is 0. The van der Waals surface area contributed by atoms with Crippen LogP contribution >= 0.6 is 12.4 Å². The molecule has 0 saturated heterocycles. The normalized spacial score (nSPS) is 15.1. The molecule has 4 rings (SSSR count). The van der Waals surface area contributed by atoms with E-state index < -0.39 is 0 Å². The van der Waals surface area contributed by atoms with Crippen molar-refractivity contribution in [3.63, 3.8) is 0 Å². The molecule has 3 aromatic rings. The Morgan fingerprint density at radius 1 is 1.04 bits per heavy atom. The lowest BCUT2D eigenvalue weighted by atomic mass is 9.98. The van der Waals surface area contributed by atoms with Gasteiger partial charge in [0.15, 0.2) is 0 Å². The molecule has 0 spiro atoms. The molecule has 0 amide bonds. The largest absolute Gasteiger partial charge is 0.474 e. The van der Waals surface area contributed by atoms with Gasteiger partial charge >= 0.3 is 0 Å². The van der Waals surface area contributed by atoms with Gasteiger partial charge in [-0.1, -0.05) is 18.6 Å². The number of benzene rings is 1. The van der Waals surface area contributed by atoms with E-state index in [1.54, 1.807) is 4.68 Å². The van der Waals surface area contributed by atoms with Crippen molar-refractivity contribution in [2.24, 2.45) is 0 Å². The molecule has 0 aliphatic heterocycles. The Morgan fingerprint density at radius 2 is 1.80 bits per heavy atom. The summed E-state index contributed by atoms with van der Waals surface area (Å²) in [6, 6.07) is 10.0. The number of halogens is 1. The number of aromatic nitrogens is 4. The van der Waals surface area contributed by atoms with E-state index in [1.165, 1.54) is 19.3 Å². The Bertz CT molecular complexity index is 871. The zero-order valence-electron chi connectivity index (χ0n) is 14.6. The SMILES string of the molecule is Cc1cc(C)n(-c2nc(OC3CCCCC3)c3ccccc3n2)n1.Cl. The lowest BCUT2D eigenvalue weighted by Crippen LogP contribution is -2.21. The van der Waals surface area contributed by atoms with E-state index in [2.05, 4.69) is 10.1 Å². The van der Waals surface area contributed by atoms with Crippen molar-refractivity contribution >= 4 is 23.3 Å². The number of rotatable bonds is 3. The highest BCUT2D eigenvalue weighted by Crippen LogP contribution is 2.28. The van der Waals surface area contributed by atoms with Crippen LogP contribution in [0.2, 0.25) is 0 Å². The monoisotopic (exact) mass is 358 g/mol. The molecule has 0 unspecified atom stereocenters. The average molecular weight is 359 g/mol. The fourth-order valence-electron chi connectivity index (χ4n) is 3.39. The molecule has 1 aliphatic carbocycles. The topological polar surface area (TPSA) is 52.8 Å². The molecule has 1 aliphatic rings. The van der Waals surface area contributed by atoms with Crippen molar-refractivity contribution in [3.05, 3.63) is 41.7 Å². The number of nitrogens with zero attached hydrogens (tertiary/aromatic N) is 4. The Morgan fingerprint density at radius 3 is 2.52 bits per heavy atom. The third-order valence-electron chi connectivity index (χ3n) is 4.59. The maximum absolute atomic E-state index is 6.29. The fourth-order valence-corrected chi connectivity index (χ4v) is 3.39. The maximum atomic E-state index is 6.29. The van der Waals surface area contributed by atoms with Crippen LogP contribution in [0, 0.1) is 13.8 Å². The van der Waals surface area contributed by atoms with E-state index in [-0.39, 0.29) is 18.5 Å². The second-order valence-corrected chi connectivity index (χ2v) is 6.56. The van der Waals surface area contributed by atoms with Gasteiger partial charge in [0.2, 0.25) is 5.88 Å². The molecule has 6 heteroatoms. The maximum Gasteiger partial charge on any atom is 0.254 e. The van der Waals surface area contributed by atoms with Gasteiger partial charge in [-0.3, -0.25) is 0 Å².